The molecule has 1 saturated heterocycles. The zero-order valence-electron chi connectivity index (χ0n) is 12.6. The molecule has 1 rings (SSSR count). The molecule has 0 radical (unpaired) electrons. The number of hydrogen-bond acceptors (Lipinski definition) is 3. The highest BCUT2D eigenvalue weighted by atomic mass is 32.2. The summed E-state index contributed by atoms with van der Waals surface area (Å²) < 4.78 is 29.0. The molecule has 5 nitrogen and oxygen atoms in total. The minimum absolute atomic E-state index is 0.382. The normalized spacial score (nSPS) is 18.4. The van der Waals surface area contributed by atoms with Gasteiger partial charge in [0.1, 0.15) is 0 Å². The summed E-state index contributed by atoms with van der Waals surface area (Å²) in [5, 5.41) is 0. The van der Waals surface area contributed by atoms with Gasteiger partial charge in [0.05, 0.1) is 0 Å². The molecule has 0 aliphatic carbocycles. The molecule has 1 heterocycles. The maximum Gasteiger partial charge on any atom is 0.282 e. The highest BCUT2D eigenvalue weighted by Crippen LogP contribution is 2.29. The maximum absolute atomic E-state index is 12.8. The Labute approximate surface area is 118 Å². The van der Waals surface area contributed by atoms with Crippen molar-refractivity contribution in [2.24, 2.45) is 5.73 Å². The topological polar surface area (TPSA) is 66.6 Å². The molecule has 0 spiro atoms. The summed E-state index contributed by atoms with van der Waals surface area (Å²) in [5.41, 5.74) is 5.50. The SMILES string of the molecule is CCCN(C(CC)(CC)CN)S(=O)(=O)N1CCCC1. The van der Waals surface area contributed by atoms with Gasteiger partial charge in [-0.3, -0.25) is 0 Å². The Bertz CT molecular complexity index is 352. The van der Waals surface area contributed by atoms with Crippen LogP contribution in [0.4, 0.5) is 0 Å². The number of nitrogens with two attached hydrogens (primary N) is 1. The van der Waals surface area contributed by atoms with Crippen LogP contribution < -0.4 is 5.73 Å². The lowest BCUT2D eigenvalue weighted by molar-refractivity contribution is 0.167. The average molecular weight is 291 g/mol. The fourth-order valence-electron chi connectivity index (χ4n) is 2.85. The van der Waals surface area contributed by atoms with Crippen LogP contribution in [0.5, 0.6) is 0 Å². The zero-order chi connectivity index (χ0) is 14.5. The van der Waals surface area contributed by atoms with E-state index in [1.165, 1.54) is 0 Å². The predicted octanol–water partition coefficient (Wildman–Crippen LogP) is 1.56. The molecule has 19 heavy (non-hydrogen) atoms. The molecular formula is C13H29N3O2S. The van der Waals surface area contributed by atoms with Crippen LogP contribution in [0, 0.1) is 0 Å². The van der Waals surface area contributed by atoms with Crippen molar-refractivity contribution in [3.05, 3.63) is 0 Å². The Kier molecular flexibility index (Phi) is 6.23. The van der Waals surface area contributed by atoms with Gasteiger partial charge in [-0.1, -0.05) is 20.8 Å². The molecule has 1 aliphatic rings. The van der Waals surface area contributed by atoms with Crippen molar-refractivity contribution >= 4 is 10.2 Å². The Morgan fingerprint density at radius 3 is 2.05 bits per heavy atom. The number of hydrogen-bond donors (Lipinski definition) is 1. The monoisotopic (exact) mass is 291 g/mol. The van der Waals surface area contributed by atoms with Gasteiger partial charge in [0.2, 0.25) is 0 Å². The average Bonchev–Trinajstić information content (AvgIpc) is 2.94. The molecular weight excluding hydrogens is 262 g/mol. The van der Waals surface area contributed by atoms with Crippen molar-refractivity contribution in [2.45, 2.75) is 58.4 Å². The highest BCUT2D eigenvalue weighted by molar-refractivity contribution is 7.86. The lowest BCUT2D eigenvalue weighted by Gasteiger charge is -2.42. The van der Waals surface area contributed by atoms with E-state index in [9.17, 15) is 8.42 Å². The van der Waals surface area contributed by atoms with E-state index >= 15 is 0 Å². The van der Waals surface area contributed by atoms with Gasteiger partial charge in [-0.05, 0) is 32.1 Å². The largest absolute Gasteiger partial charge is 0.329 e. The van der Waals surface area contributed by atoms with Gasteiger partial charge >= 0.3 is 0 Å². The third-order valence-corrected chi connectivity index (χ3v) is 6.47. The van der Waals surface area contributed by atoms with E-state index in [0.29, 0.717) is 26.2 Å². The third-order valence-electron chi connectivity index (χ3n) is 4.32. The first-order valence-electron chi connectivity index (χ1n) is 7.46. The van der Waals surface area contributed by atoms with Crippen LogP contribution in [0.2, 0.25) is 0 Å². The van der Waals surface area contributed by atoms with Crippen LogP contribution in [0.25, 0.3) is 0 Å². The second kappa shape index (κ2) is 7.02. The Morgan fingerprint density at radius 1 is 1.16 bits per heavy atom. The van der Waals surface area contributed by atoms with Crippen molar-refractivity contribution < 1.29 is 8.42 Å². The van der Waals surface area contributed by atoms with Crippen molar-refractivity contribution in [2.75, 3.05) is 26.2 Å². The fraction of sp³-hybridized carbons (Fsp3) is 1.00. The zero-order valence-corrected chi connectivity index (χ0v) is 13.4. The molecule has 0 aromatic carbocycles. The van der Waals surface area contributed by atoms with Gasteiger partial charge in [0, 0.05) is 31.7 Å². The van der Waals surface area contributed by atoms with E-state index in [-0.39, 0.29) is 0 Å². The first-order chi connectivity index (χ1) is 8.98. The minimum Gasteiger partial charge on any atom is -0.329 e. The van der Waals surface area contributed by atoms with E-state index < -0.39 is 15.7 Å². The molecule has 0 bridgehead atoms. The first kappa shape index (κ1) is 16.9. The summed E-state index contributed by atoms with van der Waals surface area (Å²) >= 11 is 0. The van der Waals surface area contributed by atoms with Gasteiger partial charge in [0.25, 0.3) is 10.2 Å². The molecule has 0 aromatic rings. The van der Waals surface area contributed by atoms with Gasteiger partial charge in [-0.2, -0.15) is 17.0 Å². The quantitative estimate of drug-likeness (QED) is 0.738. The van der Waals surface area contributed by atoms with Crippen LogP contribution in [0.15, 0.2) is 0 Å². The van der Waals surface area contributed by atoms with Gasteiger partial charge in [0.15, 0.2) is 0 Å². The van der Waals surface area contributed by atoms with Crippen molar-refractivity contribution in [1.82, 2.24) is 8.61 Å². The lowest BCUT2D eigenvalue weighted by atomic mass is 9.93. The third kappa shape index (κ3) is 3.29. The molecule has 114 valence electrons. The second-order valence-corrected chi connectivity index (χ2v) is 7.17. The summed E-state index contributed by atoms with van der Waals surface area (Å²) in [7, 11) is -3.37. The van der Waals surface area contributed by atoms with E-state index in [0.717, 1.165) is 32.1 Å². The molecule has 0 unspecified atom stereocenters. The Hall–Kier alpha value is -0.170. The molecule has 0 atom stereocenters. The van der Waals surface area contributed by atoms with Gasteiger partial charge in [-0.15, -0.1) is 0 Å². The van der Waals surface area contributed by atoms with Crippen LogP contribution in [-0.4, -0.2) is 48.7 Å². The summed E-state index contributed by atoms with van der Waals surface area (Å²) in [6, 6.07) is 0. The molecule has 0 saturated carbocycles. The van der Waals surface area contributed by atoms with Crippen molar-refractivity contribution in [3.8, 4) is 0 Å². The van der Waals surface area contributed by atoms with E-state index in [1.807, 2.05) is 20.8 Å². The Morgan fingerprint density at radius 2 is 1.68 bits per heavy atom. The maximum atomic E-state index is 12.8. The first-order valence-corrected chi connectivity index (χ1v) is 8.86. The smallest absolute Gasteiger partial charge is 0.282 e. The lowest BCUT2D eigenvalue weighted by Crippen LogP contribution is -2.59. The summed E-state index contributed by atoms with van der Waals surface area (Å²) in [6.45, 7) is 8.30. The predicted molar refractivity (Wildman–Crippen MR) is 79.1 cm³/mol. The molecule has 0 aromatic heterocycles. The molecule has 0 amide bonds. The van der Waals surface area contributed by atoms with E-state index in [4.69, 9.17) is 5.73 Å². The number of nitrogens with zero attached hydrogens (tertiary/aromatic N) is 2. The molecule has 1 fully saturated rings. The van der Waals surface area contributed by atoms with Crippen molar-refractivity contribution in [1.29, 1.82) is 0 Å². The van der Waals surface area contributed by atoms with Crippen molar-refractivity contribution in [3.63, 3.8) is 0 Å². The van der Waals surface area contributed by atoms with Crippen LogP contribution in [-0.2, 0) is 10.2 Å². The summed E-state index contributed by atoms with van der Waals surface area (Å²) in [4.78, 5) is 0. The van der Waals surface area contributed by atoms with Crippen LogP contribution in [0.3, 0.4) is 0 Å². The number of rotatable bonds is 8. The Balaban J connectivity index is 3.10. The highest BCUT2D eigenvalue weighted by Gasteiger charge is 2.42. The van der Waals surface area contributed by atoms with E-state index in [1.54, 1.807) is 8.61 Å². The molecule has 6 heteroatoms. The molecule has 1 aliphatic heterocycles. The standard InChI is InChI=1S/C13H29N3O2S/c1-4-9-16(13(5-2,6-3)12-14)19(17,18)15-10-7-8-11-15/h4-12,14H2,1-3H3. The van der Waals surface area contributed by atoms with Crippen LogP contribution >= 0.6 is 0 Å². The molecule has 2 N–H and O–H groups in total. The van der Waals surface area contributed by atoms with E-state index in [2.05, 4.69) is 0 Å². The van der Waals surface area contributed by atoms with Gasteiger partial charge < -0.3 is 5.73 Å². The van der Waals surface area contributed by atoms with Gasteiger partial charge in [-0.25, -0.2) is 0 Å². The second-order valence-electron chi connectivity index (χ2n) is 5.32. The summed E-state index contributed by atoms with van der Waals surface area (Å²) in [5.74, 6) is 0. The summed E-state index contributed by atoms with van der Waals surface area (Å²) in [6.07, 6.45) is 4.26. The fourth-order valence-corrected chi connectivity index (χ4v) is 5.09. The minimum atomic E-state index is -3.37. The van der Waals surface area contributed by atoms with Crippen LogP contribution in [0.1, 0.15) is 52.9 Å².